The number of rotatable bonds is 3. The second-order valence-corrected chi connectivity index (χ2v) is 4.50. The molecule has 16 heavy (non-hydrogen) atoms. The van der Waals surface area contributed by atoms with Crippen LogP contribution in [0.2, 0.25) is 0 Å². The van der Waals surface area contributed by atoms with Crippen molar-refractivity contribution in [1.29, 1.82) is 0 Å². The van der Waals surface area contributed by atoms with Crippen LogP contribution in [-0.2, 0) is 17.6 Å². The van der Waals surface area contributed by atoms with E-state index in [1.807, 2.05) is 17.0 Å². The van der Waals surface area contributed by atoms with E-state index in [0.717, 1.165) is 25.9 Å². The normalized spacial score (nSPS) is 15.8. The van der Waals surface area contributed by atoms with E-state index in [0.29, 0.717) is 12.3 Å². The van der Waals surface area contributed by atoms with E-state index in [4.69, 9.17) is 11.6 Å². The Morgan fingerprint density at radius 2 is 2.00 bits per heavy atom. The molecular formula is C13H16ClNO. The molecule has 2 rings (SSSR count). The molecule has 1 heterocycles. The first-order valence-corrected chi connectivity index (χ1v) is 6.25. The Morgan fingerprint density at radius 3 is 2.75 bits per heavy atom. The Hall–Kier alpha value is -1.02. The van der Waals surface area contributed by atoms with E-state index in [2.05, 4.69) is 12.1 Å². The molecule has 0 bridgehead atoms. The molecule has 86 valence electrons. The minimum atomic E-state index is 0.232. The molecule has 3 heteroatoms. The summed E-state index contributed by atoms with van der Waals surface area (Å²) >= 11 is 5.66. The number of carbonyl (C=O) groups is 1. The lowest BCUT2D eigenvalue weighted by atomic mass is 10.0. The number of halogens is 1. The summed E-state index contributed by atoms with van der Waals surface area (Å²) in [7, 11) is 0. The summed E-state index contributed by atoms with van der Waals surface area (Å²) in [6.45, 7) is 1.61. The van der Waals surface area contributed by atoms with Gasteiger partial charge in [-0.1, -0.05) is 24.3 Å². The molecule has 1 aromatic rings. The topological polar surface area (TPSA) is 20.3 Å². The van der Waals surface area contributed by atoms with E-state index < -0.39 is 0 Å². The molecule has 0 fully saturated rings. The van der Waals surface area contributed by atoms with Crippen molar-refractivity contribution < 1.29 is 4.79 Å². The Bertz CT molecular complexity index is 378. The highest BCUT2D eigenvalue weighted by Gasteiger charge is 2.19. The van der Waals surface area contributed by atoms with Gasteiger partial charge in [0.1, 0.15) is 0 Å². The molecule has 0 saturated carbocycles. The molecule has 0 spiro atoms. The summed E-state index contributed by atoms with van der Waals surface area (Å²) in [6.07, 6.45) is 2.38. The molecule has 0 aromatic heterocycles. The Labute approximate surface area is 101 Å². The lowest BCUT2D eigenvalue weighted by Gasteiger charge is -2.19. The summed E-state index contributed by atoms with van der Waals surface area (Å²) in [6, 6.07) is 8.21. The summed E-state index contributed by atoms with van der Waals surface area (Å²) in [4.78, 5) is 13.9. The monoisotopic (exact) mass is 237 g/mol. The highest BCUT2D eigenvalue weighted by Crippen LogP contribution is 2.16. The van der Waals surface area contributed by atoms with Crippen LogP contribution >= 0.6 is 11.6 Å². The smallest absolute Gasteiger partial charge is 0.227 e. The summed E-state index contributed by atoms with van der Waals surface area (Å²) in [5, 5.41) is 0. The number of fused-ring (bicyclic) bond motifs is 1. The fraction of sp³-hybridized carbons (Fsp3) is 0.462. The van der Waals surface area contributed by atoms with Gasteiger partial charge in [-0.15, -0.1) is 11.6 Å². The Morgan fingerprint density at radius 1 is 1.25 bits per heavy atom. The van der Waals surface area contributed by atoms with Crippen LogP contribution in [0.25, 0.3) is 0 Å². The second kappa shape index (κ2) is 5.35. The van der Waals surface area contributed by atoms with Crippen LogP contribution in [0.4, 0.5) is 0 Å². The highest BCUT2D eigenvalue weighted by molar-refractivity contribution is 6.17. The Balaban J connectivity index is 2.09. The predicted octanol–water partition coefficient (Wildman–Crippen LogP) is 2.24. The van der Waals surface area contributed by atoms with E-state index in [1.165, 1.54) is 11.1 Å². The van der Waals surface area contributed by atoms with Crippen molar-refractivity contribution in [3.8, 4) is 0 Å². The average molecular weight is 238 g/mol. The maximum Gasteiger partial charge on any atom is 0.227 e. The van der Waals surface area contributed by atoms with Gasteiger partial charge in [0.25, 0.3) is 0 Å². The second-order valence-electron chi connectivity index (χ2n) is 4.12. The predicted molar refractivity (Wildman–Crippen MR) is 65.8 cm³/mol. The zero-order valence-electron chi connectivity index (χ0n) is 9.29. The molecule has 0 N–H and O–H groups in total. The van der Waals surface area contributed by atoms with Crippen molar-refractivity contribution in [2.24, 2.45) is 0 Å². The van der Waals surface area contributed by atoms with Crippen LogP contribution in [0, 0.1) is 0 Å². The molecule has 0 atom stereocenters. The first kappa shape index (κ1) is 11.5. The van der Waals surface area contributed by atoms with Crippen LogP contribution in [0.15, 0.2) is 24.3 Å². The van der Waals surface area contributed by atoms with Gasteiger partial charge in [0, 0.05) is 19.0 Å². The zero-order chi connectivity index (χ0) is 11.4. The first-order valence-electron chi connectivity index (χ1n) is 5.72. The number of amides is 1. The van der Waals surface area contributed by atoms with Gasteiger partial charge in [-0.25, -0.2) is 0 Å². The van der Waals surface area contributed by atoms with Crippen molar-refractivity contribution in [3.63, 3.8) is 0 Å². The van der Waals surface area contributed by atoms with Gasteiger partial charge in [0.15, 0.2) is 0 Å². The minimum Gasteiger partial charge on any atom is -0.342 e. The largest absolute Gasteiger partial charge is 0.342 e. The van der Waals surface area contributed by atoms with Gasteiger partial charge in [0.2, 0.25) is 5.91 Å². The maximum atomic E-state index is 12.0. The van der Waals surface area contributed by atoms with E-state index in [-0.39, 0.29) is 5.91 Å². The first-order chi connectivity index (χ1) is 7.81. The van der Waals surface area contributed by atoms with Crippen molar-refractivity contribution in [2.75, 3.05) is 19.0 Å². The minimum absolute atomic E-state index is 0.232. The molecule has 0 radical (unpaired) electrons. The Kier molecular flexibility index (Phi) is 3.83. The average Bonchev–Trinajstić information content (AvgIpc) is 2.45. The third-order valence-corrected chi connectivity index (χ3v) is 3.29. The fourth-order valence-corrected chi connectivity index (χ4v) is 2.24. The number of carbonyl (C=O) groups excluding carboxylic acids is 1. The van der Waals surface area contributed by atoms with Crippen molar-refractivity contribution >= 4 is 17.5 Å². The molecule has 0 unspecified atom stereocenters. The van der Waals surface area contributed by atoms with E-state index in [1.54, 1.807) is 0 Å². The highest BCUT2D eigenvalue weighted by atomic mass is 35.5. The van der Waals surface area contributed by atoms with Crippen molar-refractivity contribution in [1.82, 2.24) is 4.90 Å². The standard InChI is InChI=1S/C13H16ClNO/c14-7-3-8-15-9-6-11-4-1-2-5-12(11)10-13(15)16/h1-2,4-5H,3,6-10H2. The van der Waals surface area contributed by atoms with Crippen LogP contribution in [-0.4, -0.2) is 29.8 Å². The third-order valence-electron chi connectivity index (χ3n) is 3.03. The number of alkyl halides is 1. The summed E-state index contributed by atoms with van der Waals surface area (Å²) < 4.78 is 0. The lowest BCUT2D eigenvalue weighted by molar-refractivity contribution is -0.130. The molecular weight excluding hydrogens is 222 g/mol. The quantitative estimate of drug-likeness (QED) is 0.739. The number of hydrogen-bond donors (Lipinski definition) is 0. The molecule has 1 aromatic carbocycles. The number of nitrogens with zero attached hydrogens (tertiary/aromatic N) is 1. The fourth-order valence-electron chi connectivity index (χ4n) is 2.12. The van der Waals surface area contributed by atoms with Crippen molar-refractivity contribution in [2.45, 2.75) is 19.3 Å². The molecule has 1 aliphatic heterocycles. The van der Waals surface area contributed by atoms with Gasteiger partial charge in [-0.2, -0.15) is 0 Å². The molecule has 2 nitrogen and oxygen atoms in total. The van der Waals surface area contributed by atoms with E-state index >= 15 is 0 Å². The zero-order valence-corrected chi connectivity index (χ0v) is 10.0. The molecule has 1 amide bonds. The van der Waals surface area contributed by atoms with Crippen LogP contribution in [0.1, 0.15) is 17.5 Å². The number of benzene rings is 1. The lowest BCUT2D eigenvalue weighted by Crippen LogP contribution is -2.33. The SMILES string of the molecule is O=C1Cc2ccccc2CCN1CCCCl. The summed E-state index contributed by atoms with van der Waals surface area (Å²) in [5.74, 6) is 0.853. The van der Waals surface area contributed by atoms with Crippen molar-refractivity contribution in [3.05, 3.63) is 35.4 Å². The maximum absolute atomic E-state index is 12.0. The molecule has 1 aliphatic rings. The van der Waals surface area contributed by atoms with Crippen LogP contribution < -0.4 is 0 Å². The van der Waals surface area contributed by atoms with Gasteiger partial charge in [0.05, 0.1) is 6.42 Å². The van der Waals surface area contributed by atoms with Gasteiger partial charge in [-0.05, 0) is 24.0 Å². The van der Waals surface area contributed by atoms with Gasteiger partial charge >= 0.3 is 0 Å². The van der Waals surface area contributed by atoms with Gasteiger partial charge < -0.3 is 4.90 Å². The molecule has 0 aliphatic carbocycles. The third kappa shape index (κ3) is 2.56. The van der Waals surface area contributed by atoms with Gasteiger partial charge in [-0.3, -0.25) is 4.79 Å². The van der Waals surface area contributed by atoms with Crippen LogP contribution in [0.3, 0.4) is 0 Å². The van der Waals surface area contributed by atoms with E-state index in [9.17, 15) is 4.79 Å². The number of hydrogen-bond acceptors (Lipinski definition) is 1. The van der Waals surface area contributed by atoms with Crippen LogP contribution in [0.5, 0.6) is 0 Å². The summed E-state index contributed by atoms with van der Waals surface area (Å²) in [5.41, 5.74) is 2.49. The molecule has 0 saturated heterocycles.